The average molecular weight is 444 g/mol. The lowest BCUT2D eigenvalue weighted by atomic mass is 10.0. The molecule has 33 heavy (non-hydrogen) atoms. The van der Waals surface area contributed by atoms with Crippen molar-refractivity contribution in [2.45, 2.75) is 31.9 Å². The summed E-state index contributed by atoms with van der Waals surface area (Å²) in [6.45, 7) is 4.80. The molecule has 1 unspecified atom stereocenters. The smallest absolute Gasteiger partial charge is 0.251 e. The summed E-state index contributed by atoms with van der Waals surface area (Å²) < 4.78 is 5.45. The molecule has 3 aromatic heterocycles. The molecule has 1 saturated heterocycles. The molecule has 1 aliphatic heterocycles. The number of pyridine rings is 1. The molecule has 4 aromatic rings. The number of amides is 1. The standard InChI is InChI=1S/C25H25N5O3/c1-25(2,32)18-13-27-24(28-14-18)30-11-8-19(15-30)29-23(31)17-5-3-16(4-6-17)22-20-9-12-33-21(20)7-10-26-22/h3-7,9-10,12-14,19,32H,8,11,15H2,1-2H3,(H,29,31). The second kappa shape index (κ2) is 8.29. The molecule has 168 valence electrons. The number of nitrogens with zero attached hydrogens (tertiary/aromatic N) is 4. The number of hydrogen-bond acceptors (Lipinski definition) is 7. The van der Waals surface area contributed by atoms with E-state index in [2.05, 4.69) is 20.3 Å². The van der Waals surface area contributed by atoms with Crippen LogP contribution in [0.15, 0.2) is 65.7 Å². The van der Waals surface area contributed by atoms with Crippen LogP contribution in [0, 0.1) is 0 Å². The molecule has 1 aliphatic rings. The summed E-state index contributed by atoms with van der Waals surface area (Å²) in [6.07, 6.45) is 7.47. The van der Waals surface area contributed by atoms with E-state index in [0.29, 0.717) is 23.6 Å². The van der Waals surface area contributed by atoms with Gasteiger partial charge in [-0.05, 0) is 44.5 Å². The van der Waals surface area contributed by atoms with Crippen LogP contribution >= 0.6 is 0 Å². The number of carbonyl (C=O) groups excluding carboxylic acids is 1. The van der Waals surface area contributed by atoms with Gasteiger partial charge in [0.1, 0.15) is 5.58 Å². The minimum Gasteiger partial charge on any atom is -0.464 e. The van der Waals surface area contributed by atoms with Crippen molar-refractivity contribution in [1.29, 1.82) is 0 Å². The van der Waals surface area contributed by atoms with Crippen LogP contribution in [0.2, 0.25) is 0 Å². The third-order valence-corrected chi connectivity index (χ3v) is 5.95. The van der Waals surface area contributed by atoms with Crippen molar-refractivity contribution >= 4 is 22.8 Å². The second-order valence-electron chi connectivity index (χ2n) is 8.81. The lowest BCUT2D eigenvalue weighted by Gasteiger charge is -2.20. The Bertz CT molecular complexity index is 1280. The van der Waals surface area contributed by atoms with E-state index in [-0.39, 0.29) is 11.9 Å². The molecule has 8 heteroatoms. The van der Waals surface area contributed by atoms with Crippen LogP contribution in [0.1, 0.15) is 36.2 Å². The van der Waals surface area contributed by atoms with Crippen molar-refractivity contribution in [1.82, 2.24) is 20.3 Å². The Hall–Kier alpha value is -3.78. The molecular formula is C25H25N5O3. The lowest BCUT2D eigenvalue weighted by Crippen LogP contribution is -2.37. The van der Waals surface area contributed by atoms with E-state index in [4.69, 9.17) is 4.42 Å². The number of hydrogen-bond donors (Lipinski definition) is 2. The van der Waals surface area contributed by atoms with Gasteiger partial charge in [0.25, 0.3) is 5.91 Å². The van der Waals surface area contributed by atoms with Crippen molar-refractivity contribution in [2.24, 2.45) is 0 Å². The van der Waals surface area contributed by atoms with Crippen LogP contribution in [0.3, 0.4) is 0 Å². The maximum absolute atomic E-state index is 12.8. The Morgan fingerprint density at radius 3 is 2.61 bits per heavy atom. The molecule has 1 amide bonds. The van der Waals surface area contributed by atoms with Crippen molar-refractivity contribution in [2.75, 3.05) is 18.0 Å². The van der Waals surface area contributed by atoms with E-state index in [1.165, 1.54) is 0 Å². The van der Waals surface area contributed by atoms with Gasteiger partial charge in [-0.1, -0.05) is 12.1 Å². The minimum atomic E-state index is -0.975. The predicted molar refractivity (Wildman–Crippen MR) is 125 cm³/mol. The first-order chi connectivity index (χ1) is 15.9. The second-order valence-corrected chi connectivity index (χ2v) is 8.81. The van der Waals surface area contributed by atoms with Gasteiger partial charge in [0.2, 0.25) is 5.95 Å². The van der Waals surface area contributed by atoms with Gasteiger partial charge >= 0.3 is 0 Å². The quantitative estimate of drug-likeness (QED) is 0.486. The van der Waals surface area contributed by atoms with E-state index < -0.39 is 5.60 Å². The Morgan fingerprint density at radius 1 is 1.12 bits per heavy atom. The highest BCUT2D eigenvalue weighted by Crippen LogP contribution is 2.27. The zero-order valence-electron chi connectivity index (χ0n) is 18.5. The van der Waals surface area contributed by atoms with Gasteiger partial charge in [0.05, 0.1) is 17.6 Å². The molecule has 0 radical (unpaired) electrons. The third kappa shape index (κ3) is 4.29. The molecule has 0 aliphatic carbocycles. The van der Waals surface area contributed by atoms with Gasteiger partial charge in [-0.3, -0.25) is 9.78 Å². The summed E-state index contributed by atoms with van der Waals surface area (Å²) in [5.41, 5.74) is 2.83. The van der Waals surface area contributed by atoms with E-state index >= 15 is 0 Å². The molecule has 5 rings (SSSR count). The van der Waals surface area contributed by atoms with Crippen LogP contribution in [0.25, 0.3) is 22.2 Å². The highest BCUT2D eigenvalue weighted by molar-refractivity contribution is 5.96. The fourth-order valence-electron chi connectivity index (χ4n) is 4.03. The lowest BCUT2D eigenvalue weighted by molar-refractivity contribution is 0.0778. The van der Waals surface area contributed by atoms with Gasteiger partial charge in [-0.2, -0.15) is 0 Å². The predicted octanol–water partition coefficient (Wildman–Crippen LogP) is 3.52. The minimum absolute atomic E-state index is 0.0103. The number of aliphatic hydroxyl groups is 1. The number of aromatic nitrogens is 3. The van der Waals surface area contributed by atoms with Crippen LogP contribution in [0.5, 0.6) is 0 Å². The Labute approximate surface area is 191 Å². The number of nitrogens with one attached hydrogen (secondary N) is 1. The first-order valence-electron chi connectivity index (χ1n) is 10.9. The summed E-state index contributed by atoms with van der Waals surface area (Å²) in [5, 5.41) is 14.1. The molecule has 0 bridgehead atoms. The summed E-state index contributed by atoms with van der Waals surface area (Å²) in [5.74, 6) is 0.492. The topological polar surface area (TPSA) is 104 Å². The number of benzene rings is 1. The maximum Gasteiger partial charge on any atom is 0.251 e. The fourth-order valence-corrected chi connectivity index (χ4v) is 4.03. The summed E-state index contributed by atoms with van der Waals surface area (Å²) in [4.78, 5) is 28.1. The largest absolute Gasteiger partial charge is 0.464 e. The number of rotatable bonds is 5. The van der Waals surface area contributed by atoms with Crippen molar-refractivity contribution in [3.05, 3.63) is 72.4 Å². The van der Waals surface area contributed by atoms with E-state index in [9.17, 15) is 9.90 Å². The molecule has 4 heterocycles. The molecule has 1 aromatic carbocycles. The number of furan rings is 1. The molecule has 2 N–H and O–H groups in total. The summed E-state index contributed by atoms with van der Waals surface area (Å²) >= 11 is 0. The van der Waals surface area contributed by atoms with Crippen LogP contribution in [-0.4, -0.2) is 45.1 Å². The SMILES string of the molecule is CC(C)(O)c1cnc(N2CCC(NC(=O)c3ccc(-c4nccc5occc45)cc3)C2)nc1. The Kier molecular flexibility index (Phi) is 5.30. The first kappa shape index (κ1) is 21.1. The number of fused-ring (bicyclic) bond motifs is 1. The van der Waals surface area contributed by atoms with E-state index in [0.717, 1.165) is 35.2 Å². The molecular weight excluding hydrogens is 418 g/mol. The van der Waals surface area contributed by atoms with Crippen molar-refractivity contribution in [3.63, 3.8) is 0 Å². The maximum atomic E-state index is 12.8. The van der Waals surface area contributed by atoms with Crippen LogP contribution < -0.4 is 10.2 Å². The normalized spacial score (nSPS) is 16.3. The van der Waals surface area contributed by atoms with Crippen LogP contribution in [0.4, 0.5) is 5.95 Å². The molecule has 1 fully saturated rings. The van der Waals surface area contributed by atoms with Gasteiger partial charge in [-0.25, -0.2) is 9.97 Å². The first-order valence-corrected chi connectivity index (χ1v) is 10.9. The third-order valence-electron chi connectivity index (χ3n) is 5.95. The average Bonchev–Trinajstić information content (AvgIpc) is 3.48. The van der Waals surface area contributed by atoms with Gasteiger partial charge in [-0.15, -0.1) is 0 Å². The van der Waals surface area contributed by atoms with E-state index in [1.54, 1.807) is 38.7 Å². The van der Waals surface area contributed by atoms with E-state index in [1.807, 2.05) is 41.3 Å². The van der Waals surface area contributed by atoms with Crippen LogP contribution in [-0.2, 0) is 5.60 Å². The monoisotopic (exact) mass is 443 g/mol. The Balaban J connectivity index is 1.23. The zero-order chi connectivity index (χ0) is 23.0. The molecule has 8 nitrogen and oxygen atoms in total. The fraction of sp³-hybridized carbons (Fsp3) is 0.280. The molecule has 0 saturated carbocycles. The highest BCUT2D eigenvalue weighted by Gasteiger charge is 2.26. The zero-order valence-corrected chi connectivity index (χ0v) is 18.5. The molecule has 0 spiro atoms. The molecule has 1 atom stereocenters. The number of carbonyl (C=O) groups is 1. The summed E-state index contributed by atoms with van der Waals surface area (Å²) in [7, 11) is 0. The van der Waals surface area contributed by atoms with Crippen molar-refractivity contribution < 1.29 is 14.3 Å². The van der Waals surface area contributed by atoms with Gasteiger partial charge < -0.3 is 19.7 Å². The number of anilines is 1. The van der Waals surface area contributed by atoms with Gasteiger partial charge in [0.15, 0.2) is 0 Å². The highest BCUT2D eigenvalue weighted by atomic mass is 16.3. The van der Waals surface area contributed by atoms with Crippen molar-refractivity contribution in [3.8, 4) is 11.3 Å². The Morgan fingerprint density at radius 2 is 1.88 bits per heavy atom. The van der Waals surface area contributed by atoms with Gasteiger partial charge in [0, 0.05) is 59.8 Å². The summed E-state index contributed by atoms with van der Waals surface area (Å²) in [6, 6.07) is 11.2.